The van der Waals surface area contributed by atoms with Gasteiger partial charge in [0.05, 0.1) is 18.6 Å². The van der Waals surface area contributed by atoms with E-state index >= 15 is 0 Å². The van der Waals surface area contributed by atoms with E-state index in [2.05, 4.69) is 0 Å². The predicted octanol–water partition coefficient (Wildman–Crippen LogP) is 3.02. The van der Waals surface area contributed by atoms with Gasteiger partial charge in [-0.2, -0.15) is 0 Å². The van der Waals surface area contributed by atoms with Crippen molar-refractivity contribution in [3.8, 4) is 5.75 Å². The van der Waals surface area contributed by atoms with Crippen LogP contribution < -0.4 is 4.74 Å². The summed E-state index contributed by atoms with van der Waals surface area (Å²) >= 11 is 12.3. The highest BCUT2D eigenvalue weighted by atomic mass is 35.5. The fourth-order valence-electron chi connectivity index (χ4n) is 2.71. The maximum Gasteiger partial charge on any atom is 0.227 e. The molecule has 0 aromatic heterocycles. The third-order valence-electron chi connectivity index (χ3n) is 4.11. The molecule has 7 heteroatoms. The molecule has 24 heavy (non-hydrogen) atoms. The van der Waals surface area contributed by atoms with Gasteiger partial charge in [0.2, 0.25) is 11.8 Å². The molecule has 0 N–H and O–H groups in total. The van der Waals surface area contributed by atoms with Gasteiger partial charge in [0.1, 0.15) is 5.75 Å². The number of hydrogen-bond acceptors (Lipinski definition) is 3. The maximum absolute atomic E-state index is 12.5. The van der Waals surface area contributed by atoms with Crippen LogP contribution >= 0.6 is 23.2 Å². The van der Waals surface area contributed by atoms with E-state index in [1.807, 2.05) is 11.8 Å². The number of carbonyl (C=O) groups excluding carboxylic acids is 2. The average molecular weight is 373 g/mol. The van der Waals surface area contributed by atoms with E-state index in [4.69, 9.17) is 27.9 Å². The normalized spacial score (nSPS) is 14.7. The first kappa shape index (κ1) is 18.9. The van der Waals surface area contributed by atoms with Crippen molar-refractivity contribution in [2.45, 2.75) is 26.2 Å². The highest BCUT2D eigenvalue weighted by Crippen LogP contribution is 2.31. The minimum Gasteiger partial charge on any atom is -0.495 e. The number of nitrogens with zero attached hydrogens (tertiary/aromatic N) is 2. The summed E-state index contributed by atoms with van der Waals surface area (Å²) in [4.78, 5) is 28.0. The topological polar surface area (TPSA) is 49.9 Å². The molecule has 0 saturated carbocycles. The molecular weight excluding hydrogens is 351 g/mol. The molecule has 5 nitrogen and oxygen atoms in total. The number of methoxy groups -OCH3 is 1. The standard InChI is InChI=1S/C17H22Cl2N2O3/c1-3-4-16(22)20-5-7-21(8-6-20)17(23)10-12-9-14(19)15(24-2)11-13(12)18/h9,11H,3-8,10H2,1-2H3. The maximum atomic E-state index is 12.5. The van der Waals surface area contributed by atoms with Crippen LogP contribution in [0, 0.1) is 0 Å². The average Bonchev–Trinajstić information content (AvgIpc) is 2.58. The van der Waals surface area contributed by atoms with Gasteiger partial charge in [-0.3, -0.25) is 9.59 Å². The first-order valence-electron chi connectivity index (χ1n) is 8.03. The van der Waals surface area contributed by atoms with E-state index in [9.17, 15) is 9.59 Å². The van der Waals surface area contributed by atoms with Gasteiger partial charge in [-0.1, -0.05) is 30.1 Å². The Balaban J connectivity index is 1.95. The molecule has 0 atom stereocenters. The first-order chi connectivity index (χ1) is 11.5. The number of ether oxygens (including phenoxy) is 1. The summed E-state index contributed by atoms with van der Waals surface area (Å²) in [6.07, 6.45) is 1.59. The van der Waals surface area contributed by atoms with Crippen molar-refractivity contribution in [1.29, 1.82) is 0 Å². The Labute approximate surface area is 152 Å². The van der Waals surface area contributed by atoms with E-state index in [-0.39, 0.29) is 18.2 Å². The Hall–Kier alpha value is -1.46. The zero-order valence-electron chi connectivity index (χ0n) is 14.0. The highest BCUT2D eigenvalue weighted by molar-refractivity contribution is 6.34. The van der Waals surface area contributed by atoms with Crippen molar-refractivity contribution >= 4 is 35.0 Å². The number of halogens is 2. The van der Waals surface area contributed by atoms with Crippen molar-refractivity contribution in [3.63, 3.8) is 0 Å². The minimum atomic E-state index is -0.0132. The Morgan fingerprint density at radius 2 is 1.62 bits per heavy atom. The smallest absolute Gasteiger partial charge is 0.227 e. The van der Waals surface area contributed by atoms with Gasteiger partial charge in [0.25, 0.3) is 0 Å². The lowest BCUT2D eigenvalue weighted by molar-refractivity contribution is -0.139. The molecular formula is C17H22Cl2N2O3. The fourth-order valence-corrected chi connectivity index (χ4v) is 3.20. The number of benzene rings is 1. The molecule has 1 saturated heterocycles. The molecule has 0 aliphatic carbocycles. The molecule has 1 aromatic rings. The zero-order chi connectivity index (χ0) is 17.7. The molecule has 1 aromatic carbocycles. The predicted molar refractivity (Wildman–Crippen MR) is 94.8 cm³/mol. The van der Waals surface area contributed by atoms with Gasteiger partial charge in [-0.15, -0.1) is 0 Å². The van der Waals surface area contributed by atoms with Crippen molar-refractivity contribution in [2.24, 2.45) is 0 Å². The lowest BCUT2D eigenvalue weighted by atomic mass is 10.1. The van der Waals surface area contributed by atoms with E-state index in [0.29, 0.717) is 54.0 Å². The summed E-state index contributed by atoms with van der Waals surface area (Å²) < 4.78 is 5.11. The lowest BCUT2D eigenvalue weighted by Crippen LogP contribution is -2.50. The Bertz CT molecular complexity index is 614. The number of carbonyl (C=O) groups is 2. The monoisotopic (exact) mass is 372 g/mol. The second-order valence-electron chi connectivity index (χ2n) is 5.77. The lowest BCUT2D eigenvalue weighted by Gasteiger charge is -2.35. The molecule has 1 aliphatic heterocycles. The van der Waals surface area contributed by atoms with Crippen molar-refractivity contribution in [2.75, 3.05) is 33.3 Å². The van der Waals surface area contributed by atoms with Gasteiger partial charge >= 0.3 is 0 Å². The van der Waals surface area contributed by atoms with Crippen LogP contribution in [0.5, 0.6) is 5.75 Å². The summed E-state index contributed by atoms with van der Waals surface area (Å²) in [5.41, 5.74) is 0.678. The van der Waals surface area contributed by atoms with Gasteiger partial charge in [0.15, 0.2) is 0 Å². The molecule has 2 amide bonds. The highest BCUT2D eigenvalue weighted by Gasteiger charge is 2.24. The number of rotatable bonds is 5. The minimum absolute atomic E-state index is 0.0132. The first-order valence-corrected chi connectivity index (χ1v) is 8.79. The van der Waals surface area contributed by atoms with Gasteiger partial charge < -0.3 is 14.5 Å². The molecule has 1 heterocycles. The molecule has 1 fully saturated rings. The fraction of sp³-hybridized carbons (Fsp3) is 0.529. The molecule has 0 radical (unpaired) electrons. The largest absolute Gasteiger partial charge is 0.495 e. The van der Waals surface area contributed by atoms with Gasteiger partial charge in [-0.05, 0) is 18.1 Å². The van der Waals surface area contributed by atoms with E-state index < -0.39 is 0 Å². The van der Waals surface area contributed by atoms with Gasteiger partial charge in [-0.25, -0.2) is 0 Å². The molecule has 0 spiro atoms. The van der Waals surface area contributed by atoms with Crippen molar-refractivity contribution in [1.82, 2.24) is 9.80 Å². The number of hydrogen-bond donors (Lipinski definition) is 0. The van der Waals surface area contributed by atoms with Crippen LogP contribution in [0.1, 0.15) is 25.3 Å². The van der Waals surface area contributed by atoms with Crippen LogP contribution in [0.15, 0.2) is 12.1 Å². The van der Waals surface area contributed by atoms with Crippen LogP contribution in [0.3, 0.4) is 0 Å². The second kappa shape index (κ2) is 8.58. The van der Waals surface area contributed by atoms with E-state index in [1.165, 1.54) is 7.11 Å². The summed E-state index contributed by atoms with van der Waals surface area (Å²) in [6, 6.07) is 3.29. The third-order valence-corrected chi connectivity index (χ3v) is 4.76. The zero-order valence-corrected chi connectivity index (χ0v) is 15.5. The van der Waals surface area contributed by atoms with Crippen LogP contribution in [0.2, 0.25) is 10.0 Å². The quantitative estimate of drug-likeness (QED) is 0.797. The molecule has 0 unspecified atom stereocenters. The SMILES string of the molecule is CCCC(=O)N1CCN(C(=O)Cc2cc(Cl)c(OC)cc2Cl)CC1. The van der Waals surface area contributed by atoms with Crippen LogP contribution in [-0.2, 0) is 16.0 Å². The molecule has 132 valence electrons. The Morgan fingerprint density at radius 3 is 2.17 bits per heavy atom. The van der Waals surface area contributed by atoms with Crippen molar-refractivity contribution < 1.29 is 14.3 Å². The summed E-state index contributed by atoms with van der Waals surface area (Å²) in [5.74, 6) is 0.635. The van der Waals surface area contributed by atoms with Crippen LogP contribution in [0.4, 0.5) is 0 Å². The Kier molecular flexibility index (Phi) is 6.75. The molecule has 1 aliphatic rings. The summed E-state index contributed by atoms with van der Waals surface area (Å²) in [5, 5.41) is 0.890. The van der Waals surface area contributed by atoms with Crippen LogP contribution in [0.25, 0.3) is 0 Å². The molecule has 0 bridgehead atoms. The Morgan fingerprint density at radius 1 is 1.04 bits per heavy atom. The summed E-state index contributed by atoms with van der Waals surface area (Å²) in [6.45, 7) is 4.26. The number of amides is 2. The third kappa shape index (κ3) is 4.54. The second-order valence-corrected chi connectivity index (χ2v) is 6.58. The van der Waals surface area contributed by atoms with Crippen LogP contribution in [-0.4, -0.2) is 54.9 Å². The summed E-state index contributed by atoms with van der Waals surface area (Å²) in [7, 11) is 1.52. The van der Waals surface area contributed by atoms with E-state index in [0.717, 1.165) is 6.42 Å². The number of piperazine rings is 1. The van der Waals surface area contributed by atoms with Crippen molar-refractivity contribution in [3.05, 3.63) is 27.7 Å². The van der Waals surface area contributed by atoms with Gasteiger partial charge in [0, 0.05) is 43.7 Å². The molecule has 2 rings (SSSR count). The van der Waals surface area contributed by atoms with E-state index in [1.54, 1.807) is 17.0 Å².